The second-order valence-corrected chi connectivity index (χ2v) is 4.83. The third kappa shape index (κ3) is 5.30. The van der Waals surface area contributed by atoms with Crippen molar-refractivity contribution in [2.75, 3.05) is 27.2 Å². The Bertz CT molecular complexity index is 405. The predicted molar refractivity (Wildman–Crippen MR) is 77.3 cm³/mol. The maximum Gasteiger partial charge on any atom is 0.259 e. The molecule has 1 aromatic carbocycles. The molecule has 0 saturated carbocycles. The van der Waals surface area contributed by atoms with Gasteiger partial charge in [-0.25, -0.2) is 0 Å². The number of carbonyl (C=O) groups excluding carboxylic acids is 1. The number of carbonyl (C=O) groups is 1. The molecule has 0 spiro atoms. The Morgan fingerprint density at radius 3 is 2.79 bits per heavy atom. The van der Waals surface area contributed by atoms with Gasteiger partial charge in [0.2, 0.25) is 0 Å². The third-order valence-electron chi connectivity index (χ3n) is 2.92. The van der Waals surface area contributed by atoms with E-state index < -0.39 is 0 Å². The molecule has 0 fully saturated rings. The normalized spacial score (nSPS) is 12.0. The average Bonchev–Trinajstić information content (AvgIpc) is 2.42. The van der Waals surface area contributed by atoms with Crippen LogP contribution in [0, 0.1) is 0 Å². The zero-order valence-electron chi connectivity index (χ0n) is 12.3. The van der Waals surface area contributed by atoms with Gasteiger partial charge in [0.05, 0.1) is 0 Å². The summed E-state index contributed by atoms with van der Waals surface area (Å²) in [7, 11) is 3.44. The molecule has 0 aliphatic carbocycles. The fourth-order valence-corrected chi connectivity index (χ4v) is 1.63. The van der Waals surface area contributed by atoms with E-state index in [1.807, 2.05) is 18.2 Å². The van der Waals surface area contributed by atoms with Gasteiger partial charge in [-0.1, -0.05) is 19.1 Å². The van der Waals surface area contributed by atoms with E-state index in [1.165, 1.54) is 10.5 Å². The summed E-state index contributed by atoms with van der Waals surface area (Å²) < 4.78 is 5.51. The zero-order chi connectivity index (χ0) is 14.3. The van der Waals surface area contributed by atoms with Gasteiger partial charge in [0.1, 0.15) is 5.75 Å². The van der Waals surface area contributed by atoms with Crippen LogP contribution in [0.15, 0.2) is 24.3 Å². The van der Waals surface area contributed by atoms with E-state index in [0.29, 0.717) is 0 Å². The van der Waals surface area contributed by atoms with Crippen molar-refractivity contribution in [3.63, 3.8) is 0 Å². The molecule has 1 N–H and O–H groups in total. The van der Waals surface area contributed by atoms with Gasteiger partial charge < -0.3 is 15.0 Å². The van der Waals surface area contributed by atoms with E-state index in [9.17, 15) is 4.79 Å². The lowest BCUT2D eigenvalue weighted by molar-refractivity contribution is -0.130. The summed E-state index contributed by atoms with van der Waals surface area (Å²) >= 11 is 0. The summed E-state index contributed by atoms with van der Waals surface area (Å²) in [6.07, 6.45) is 1.11. The highest BCUT2D eigenvalue weighted by Gasteiger charge is 2.07. The van der Waals surface area contributed by atoms with Crippen molar-refractivity contribution in [1.82, 2.24) is 10.2 Å². The number of rotatable bonds is 7. The van der Waals surface area contributed by atoms with Crippen molar-refractivity contribution in [2.24, 2.45) is 0 Å². The van der Waals surface area contributed by atoms with E-state index in [2.05, 4.69) is 25.2 Å². The van der Waals surface area contributed by atoms with Crippen LogP contribution < -0.4 is 10.1 Å². The number of likely N-dealkylation sites (N-methyl/N-ethyl adjacent to an activating group) is 1. The molecule has 1 atom stereocenters. The molecule has 1 aromatic rings. The lowest BCUT2D eigenvalue weighted by atomic mass is 10.1. The van der Waals surface area contributed by atoms with Gasteiger partial charge in [-0.3, -0.25) is 4.79 Å². The van der Waals surface area contributed by atoms with Crippen molar-refractivity contribution in [3.8, 4) is 5.75 Å². The Morgan fingerprint density at radius 2 is 2.16 bits per heavy atom. The van der Waals surface area contributed by atoms with Crippen LogP contribution in [0.4, 0.5) is 0 Å². The first-order valence-corrected chi connectivity index (χ1v) is 6.71. The van der Waals surface area contributed by atoms with Crippen LogP contribution in [-0.4, -0.2) is 38.1 Å². The van der Waals surface area contributed by atoms with Crippen LogP contribution in [0.2, 0.25) is 0 Å². The summed E-state index contributed by atoms with van der Waals surface area (Å²) in [5.74, 6) is 0.695. The molecule has 4 nitrogen and oxygen atoms in total. The first kappa shape index (κ1) is 15.5. The number of benzene rings is 1. The van der Waals surface area contributed by atoms with Gasteiger partial charge in [0, 0.05) is 20.1 Å². The summed E-state index contributed by atoms with van der Waals surface area (Å²) in [6.45, 7) is 5.34. The maximum atomic E-state index is 11.5. The van der Waals surface area contributed by atoms with Gasteiger partial charge in [0.15, 0.2) is 6.61 Å². The molecule has 106 valence electrons. The molecule has 1 unspecified atom stereocenters. The van der Waals surface area contributed by atoms with Crippen LogP contribution in [0.1, 0.15) is 31.9 Å². The molecular formula is C15H24N2O2. The Kier molecular flexibility index (Phi) is 6.36. The number of hydrogen-bond acceptors (Lipinski definition) is 3. The number of amides is 1. The molecule has 0 aromatic heterocycles. The minimum atomic E-state index is -0.0393. The monoisotopic (exact) mass is 264 g/mol. The van der Waals surface area contributed by atoms with Crippen LogP contribution in [0.5, 0.6) is 5.75 Å². The third-order valence-corrected chi connectivity index (χ3v) is 2.92. The van der Waals surface area contributed by atoms with Crippen molar-refractivity contribution in [1.29, 1.82) is 0 Å². The molecule has 4 heteroatoms. The zero-order valence-corrected chi connectivity index (χ0v) is 12.3. The number of hydrogen-bond donors (Lipinski definition) is 1. The number of nitrogens with one attached hydrogen (secondary N) is 1. The fourth-order valence-electron chi connectivity index (χ4n) is 1.63. The first-order chi connectivity index (χ1) is 9.04. The van der Waals surface area contributed by atoms with E-state index in [4.69, 9.17) is 4.74 Å². The topological polar surface area (TPSA) is 41.6 Å². The molecule has 0 heterocycles. The highest BCUT2D eigenvalue weighted by atomic mass is 16.5. The first-order valence-electron chi connectivity index (χ1n) is 6.71. The van der Waals surface area contributed by atoms with Gasteiger partial charge in [-0.2, -0.15) is 0 Å². The molecule has 19 heavy (non-hydrogen) atoms. The Balaban J connectivity index is 2.59. The van der Waals surface area contributed by atoms with Crippen molar-refractivity contribution >= 4 is 5.91 Å². The summed E-state index contributed by atoms with van der Waals surface area (Å²) in [5.41, 5.74) is 1.17. The molecular weight excluding hydrogens is 240 g/mol. The van der Waals surface area contributed by atoms with Gasteiger partial charge in [-0.15, -0.1) is 0 Å². The molecule has 1 amide bonds. The van der Waals surface area contributed by atoms with Gasteiger partial charge >= 0.3 is 0 Å². The smallest absolute Gasteiger partial charge is 0.259 e. The molecule has 0 radical (unpaired) electrons. The maximum absolute atomic E-state index is 11.5. The second-order valence-electron chi connectivity index (χ2n) is 4.83. The van der Waals surface area contributed by atoms with E-state index in [1.54, 1.807) is 14.1 Å². The Hall–Kier alpha value is -1.55. The minimum absolute atomic E-state index is 0.0393. The van der Waals surface area contributed by atoms with E-state index in [0.717, 1.165) is 18.7 Å². The predicted octanol–water partition coefficient (Wildman–Crippen LogP) is 2.21. The average molecular weight is 264 g/mol. The fraction of sp³-hybridized carbons (Fsp3) is 0.533. The van der Waals surface area contributed by atoms with E-state index in [-0.39, 0.29) is 18.6 Å². The van der Waals surface area contributed by atoms with Gasteiger partial charge in [0.25, 0.3) is 5.91 Å². The standard InChI is InChI=1S/C15H24N2O2/c1-5-9-16-12(2)13-7-6-8-14(10-13)19-11-15(18)17(3)4/h6-8,10,12,16H,5,9,11H2,1-4H3. The Morgan fingerprint density at radius 1 is 1.42 bits per heavy atom. The van der Waals surface area contributed by atoms with Crippen LogP contribution in [0.3, 0.4) is 0 Å². The summed E-state index contributed by atoms with van der Waals surface area (Å²) in [5, 5.41) is 3.43. The number of nitrogens with zero attached hydrogens (tertiary/aromatic N) is 1. The molecule has 1 rings (SSSR count). The largest absolute Gasteiger partial charge is 0.484 e. The quantitative estimate of drug-likeness (QED) is 0.821. The van der Waals surface area contributed by atoms with Gasteiger partial charge in [-0.05, 0) is 37.6 Å². The van der Waals surface area contributed by atoms with E-state index >= 15 is 0 Å². The summed E-state index contributed by atoms with van der Waals surface area (Å²) in [4.78, 5) is 13.0. The highest BCUT2D eigenvalue weighted by Crippen LogP contribution is 2.19. The molecule has 0 aliphatic rings. The molecule has 0 aliphatic heterocycles. The Labute approximate surface area is 115 Å². The van der Waals surface area contributed by atoms with Crippen LogP contribution >= 0.6 is 0 Å². The van der Waals surface area contributed by atoms with Crippen molar-refractivity contribution < 1.29 is 9.53 Å². The lowest BCUT2D eigenvalue weighted by Crippen LogP contribution is -2.27. The lowest BCUT2D eigenvalue weighted by Gasteiger charge is -2.15. The molecule has 0 saturated heterocycles. The highest BCUT2D eigenvalue weighted by molar-refractivity contribution is 5.77. The molecule has 0 bridgehead atoms. The number of ether oxygens (including phenoxy) is 1. The summed E-state index contributed by atoms with van der Waals surface area (Å²) in [6, 6.07) is 8.16. The van der Waals surface area contributed by atoms with Crippen LogP contribution in [0.25, 0.3) is 0 Å². The van der Waals surface area contributed by atoms with Crippen molar-refractivity contribution in [3.05, 3.63) is 29.8 Å². The van der Waals surface area contributed by atoms with Crippen LogP contribution in [-0.2, 0) is 4.79 Å². The minimum Gasteiger partial charge on any atom is -0.484 e. The SMILES string of the molecule is CCCNC(C)c1cccc(OCC(=O)N(C)C)c1. The second kappa shape index (κ2) is 7.79. The van der Waals surface area contributed by atoms with Crippen molar-refractivity contribution in [2.45, 2.75) is 26.3 Å².